The molecule has 0 spiro atoms. The molecule has 1 N–H and O–H groups in total. The Morgan fingerprint density at radius 3 is 2.15 bits per heavy atom. The molecule has 8 nitrogen and oxygen atoms in total. The average molecular weight is 525 g/mol. The second kappa shape index (κ2) is 13.1. The lowest BCUT2D eigenvalue weighted by molar-refractivity contribution is 0.0763. The van der Waals surface area contributed by atoms with Gasteiger partial charge in [0.25, 0.3) is 5.91 Å². The summed E-state index contributed by atoms with van der Waals surface area (Å²) in [6.45, 7) is 2.83. The molecule has 1 aromatic heterocycles. The molecule has 0 unspecified atom stereocenters. The van der Waals surface area contributed by atoms with Crippen molar-refractivity contribution in [2.45, 2.75) is 13.5 Å². The first-order valence-electron chi connectivity index (χ1n) is 12.5. The molecule has 0 aliphatic carbocycles. The Morgan fingerprint density at radius 2 is 1.56 bits per heavy atom. The zero-order valence-corrected chi connectivity index (χ0v) is 22.5. The molecule has 39 heavy (non-hydrogen) atoms. The number of anilines is 2. The van der Waals surface area contributed by atoms with Crippen molar-refractivity contribution < 1.29 is 19.0 Å². The van der Waals surface area contributed by atoms with E-state index in [0.29, 0.717) is 53.1 Å². The zero-order chi connectivity index (χ0) is 27.6. The van der Waals surface area contributed by atoms with E-state index in [0.717, 1.165) is 11.3 Å². The van der Waals surface area contributed by atoms with Gasteiger partial charge in [0.2, 0.25) is 5.75 Å². The SMILES string of the molecule is C/C=C/CN(Cc1ccccc1)C(=O)c1cnc(-c2cc(OC)c(OC)c(OC)c2)nc1Nc1ccccc1. The van der Waals surface area contributed by atoms with Crippen LogP contribution in [0.3, 0.4) is 0 Å². The van der Waals surface area contributed by atoms with Gasteiger partial charge in [0.1, 0.15) is 11.4 Å². The van der Waals surface area contributed by atoms with Crippen molar-refractivity contribution in [3.8, 4) is 28.6 Å². The van der Waals surface area contributed by atoms with Crippen LogP contribution in [0.25, 0.3) is 11.4 Å². The Kier molecular flexibility index (Phi) is 9.13. The van der Waals surface area contributed by atoms with Gasteiger partial charge in [-0.1, -0.05) is 60.7 Å². The van der Waals surface area contributed by atoms with Gasteiger partial charge in [-0.3, -0.25) is 4.79 Å². The Labute approximate surface area is 228 Å². The van der Waals surface area contributed by atoms with Crippen LogP contribution in [0, 0.1) is 0 Å². The number of methoxy groups -OCH3 is 3. The lowest BCUT2D eigenvalue weighted by Gasteiger charge is -2.23. The van der Waals surface area contributed by atoms with Gasteiger partial charge >= 0.3 is 0 Å². The number of aromatic nitrogens is 2. The van der Waals surface area contributed by atoms with E-state index in [2.05, 4.69) is 10.3 Å². The van der Waals surface area contributed by atoms with Gasteiger partial charge in [-0.15, -0.1) is 0 Å². The summed E-state index contributed by atoms with van der Waals surface area (Å²) >= 11 is 0. The van der Waals surface area contributed by atoms with Crippen LogP contribution in [0.1, 0.15) is 22.8 Å². The zero-order valence-electron chi connectivity index (χ0n) is 22.5. The standard InChI is InChI=1S/C31H32N4O4/c1-5-6-17-35(21-22-13-9-7-10-14-22)31(36)25-20-32-29(34-30(25)33-24-15-11-8-12-16-24)23-18-26(37-2)28(39-4)27(19-23)38-3/h5-16,18-20H,17,21H2,1-4H3,(H,32,33,34)/b6-5+. The highest BCUT2D eigenvalue weighted by Crippen LogP contribution is 2.40. The molecule has 0 aliphatic heterocycles. The van der Waals surface area contributed by atoms with E-state index in [4.69, 9.17) is 19.2 Å². The van der Waals surface area contributed by atoms with E-state index in [-0.39, 0.29) is 5.91 Å². The van der Waals surface area contributed by atoms with Gasteiger partial charge in [0.15, 0.2) is 17.3 Å². The highest BCUT2D eigenvalue weighted by Gasteiger charge is 2.23. The second-order valence-electron chi connectivity index (χ2n) is 8.60. The molecule has 4 rings (SSSR count). The van der Waals surface area contributed by atoms with Gasteiger partial charge in [-0.25, -0.2) is 9.97 Å². The van der Waals surface area contributed by atoms with Crippen LogP contribution in [0.2, 0.25) is 0 Å². The number of nitrogens with zero attached hydrogens (tertiary/aromatic N) is 3. The molecular weight excluding hydrogens is 492 g/mol. The van der Waals surface area contributed by atoms with Crippen LogP contribution in [0.15, 0.2) is 91.1 Å². The van der Waals surface area contributed by atoms with Crippen molar-refractivity contribution in [3.05, 3.63) is 102 Å². The third-order valence-electron chi connectivity index (χ3n) is 6.04. The van der Waals surface area contributed by atoms with Gasteiger partial charge in [-0.05, 0) is 36.8 Å². The van der Waals surface area contributed by atoms with Crippen LogP contribution in [0.5, 0.6) is 17.2 Å². The van der Waals surface area contributed by atoms with E-state index in [1.54, 1.807) is 44.6 Å². The topological polar surface area (TPSA) is 85.8 Å². The van der Waals surface area contributed by atoms with Gasteiger partial charge in [0, 0.05) is 30.5 Å². The molecular formula is C31H32N4O4. The van der Waals surface area contributed by atoms with E-state index < -0.39 is 0 Å². The van der Waals surface area contributed by atoms with Crippen molar-refractivity contribution in [2.24, 2.45) is 0 Å². The van der Waals surface area contributed by atoms with E-state index in [1.807, 2.05) is 79.7 Å². The van der Waals surface area contributed by atoms with Crippen LogP contribution in [0.4, 0.5) is 11.5 Å². The summed E-state index contributed by atoms with van der Waals surface area (Å²) in [4.78, 5) is 25.1. The first-order chi connectivity index (χ1) is 19.1. The number of ether oxygens (including phenoxy) is 3. The number of amides is 1. The third kappa shape index (κ3) is 6.54. The Bertz CT molecular complexity index is 1400. The fraction of sp³-hybridized carbons (Fsp3) is 0.194. The molecule has 200 valence electrons. The monoisotopic (exact) mass is 524 g/mol. The molecule has 0 radical (unpaired) electrons. The first-order valence-corrected chi connectivity index (χ1v) is 12.5. The molecule has 1 heterocycles. The molecule has 0 bridgehead atoms. The molecule has 0 atom stereocenters. The fourth-order valence-corrected chi connectivity index (χ4v) is 4.07. The summed E-state index contributed by atoms with van der Waals surface area (Å²) in [6.07, 6.45) is 5.45. The number of rotatable bonds is 11. The molecule has 0 fully saturated rings. The minimum absolute atomic E-state index is 0.188. The minimum Gasteiger partial charge on any atom is -0.493 e. The molecule has 0 aliphatic rings. The summed E-state index contributed by atoms with van der Waals surface area (Å²) in [5.41, 5.74) is 2.83. The summed E-state index contributed by atoms with van der Waals surface area (Å²) in [5, 5.41) is 3.31. The van der Waals surface area contributed by atoms with Crippen LogP contribution in [-0.4, -0.2) is 48.6 Å². The molecule has 8 heteroatoms. The molecule has 1 amide bonds. The molecule has 0 saturated heterocycles. The van der Waals surface area contributed by atoms with Crippen LogP contribution < -0.4 is 19.5 Å². The molecule has 4 aromatic rings. The normalized spacial score (nSPS) is 10.8. The number of para-hydroxylation sites is 1. The largest absolute Gasteiger partial charge is 0.493 e. The molecule has 3 aromatic carbocycles. The van der Waals surface area contributed by atoms with E-state index in [9.17, 15) is 4.79 Å². The molecule has 0 saturated carbocycles. The predicted octanol–water partition coefficient (Wildman–Crippen LogP) is 6.13. The lowest BCUT2D eigenvalue weighted by Crippen LogP contribution is -2.31. The highest BCUT2D eigenvalue weighted by molar-refractivity contribution is 5.99. The quantitative estimate of drug-likeness (QED) is 0.236. The van der Waals surface area contributed by atoms with Gasteiger partial charge in [-0.2, -0.15) is 0 Å². The Balaban J connectivity index is 1.79. The first kappa shape index (κ1) is 27.2. The number of hydrogen-bond donors (Lipinski definition) is 1. The third-order valence-corrected chi connectivity index (χ3v) is 6.04. The van der Waals surface area contributed by atoms with E-state index >= 15 is 0 Å². The van der Waals surface area contributed by atoms with Gasteiger partial charge < -0.3 is 24.4 Å². The van der Waals surface area contributed by atoms with E-state index in [1.165, 1.54) is 0 Å². The highest BCUT2D eigenvalue weighted by atomic mass is 16.5. The van der Waals surface area contributed by atoms with Crippen molar-refractivity contribution >= 4 is 17.4 Å². The minimum atomic E-state index is -0.188. The number of benzene rings is 3. The number of nitrogens with one attached hydrogen (secondary N) is 1. The maximum atomic E-state index is 13.9. The van der Waals surface area contributed by atoms with Crippen molar-refractivity contribution in [1.82, 2.24) is 14.9 Å². The maximum absolute atomic E-state index is 13.9. The number of carbonyl (C=O) groups excluding carboxylic acids is 1. The number of carbonyl (C=O) groups is 1. The van der Waals surface area contributed by atoms with Crippen molar-refractivity contribution in [2.75, 3.05) is 33.2 Å². The Hall–Kier alpha value is -4.85. The fourth-order valence-electron chi connectivity index (χ4n) is 4.07. The van der Waals surface area contributed by atoms with Crippen molar-refractivity contribution in [1.29, 1.82) is 0 Å². The summed E-state index contributed by atoms with van der Waals surface area (Å²) < 4.78 is 16.5. The van der Waals surface area contributed by atoms with Gasteiger partial charge in [0.05, 0.1) is 21.3 Å². The smallest absolute Gasteiger partial charge is 0.259 e. The van der Waals surface area contributed by atoms with Crippen molar-refractivity contribution in [3.63, 3.8) is 0 Å². The number of allylic oxidation sites excluding steroid dienone is 1. The maximum Gasteiger partial charge on any atom is 0.259 e. The second-order valence-corrected chi connectivity index (χ2v) is 8.60. The van der Waals surface area contributed by atoms with Crippen LogP contribution in [-0.2, 0) is 6.54 Å². The Morgan fingerprint density at radius 1 is 0.923 bits per heavy atom. The predicted molar refractivity (Wildman–Crippen MR) is 153 cm³/mol. The lowest BCUT2D eigenvalue weighted by atomic mass is 10.1. The average Bonchev–Trinajstić information content (AvgIpc) is 2.99. The summed E-state index contributed by atoms with van der Waals surface area (Å²) in [5.74, 6) is 2.03. The van der Waals surface area contributed by atoms with Crippen LogP contribution >= 0.6 is 0 Å². The summed E-state index contributed by atoms with van der Waals surface area (Å²) in [6, 6.07) is 23.0. The summed E-state index contributed by atoms with van der Waals surface area (Å²) in [7, 11) is 4.66. The number of hydrogen-bond acceptors (Lipinski definition) is 7.